The first-order valence-corrected chi connectivity index (χ1v) is 22.6. The molecule has 55 heavy (non-hydrogen) atoms. The Morgan fingerprint density at radius 2 is 1.02 bits per heavy atom. The molecule has 0 fully saturated rings. The van der Waals surface area contributed by atoms with Crippen molar-refractivity contribution in [3.63, 3.8) is 0 Å². The average Bonchev–Trinajstić information content (AvgIpc) is 3.46. The molecule has 0 N–H and O–H groups in total. The SMILES string of the molecule is C[Si]1(C)C2=C(C=CCC2)c2cc3c(-c4ccc(-c5cccc6ccccc56)cc4)c4ccc(-c5ccc6ccccc6c5)cc4c(-c4ccccc4)c3cc21. The Labute approximate surface area is 323 Å². The predicted octanol–water partition coefficient (Wildman–Crippen LogP) is 14.5. The highest BCUT2D eigenvalue weighted by Gasteiger charge is 2.39. The molecule has 11 rings (SSSR count). The van der Waals surface area contributed by atoms with Crippen LogP contribution in [0.4, 0.5) is 0 Å². The van der Waals surface area contributed by atoms with Crippen molar-refractivity contribution in [2.45, 2.75) is 25.9 Å². The van der Waals surface area contributed by atoms with Crippen molar-refractivity contribution >= 4 is 61.9 Å². The normalized spacial score (nSPS) is 14.6. The minimum atomic E-state index is -1.86. The zero-order valence-corrected chi connectivity index (χ0v) is 32.2. The van der Waals surface area contributed by atoms with Crippen LogP contribution in [0, 0.1) is 0 Å². The second-order valence-corrected chi connectivity index (χ2v) is 20.3. The van der Waals surface area contributed by atoms with Crippen LogP contribution in [0.5, 0.6) is 0 Å². The summed E-state index contributed by atoms with van der Waals surface area (Å²) in [6, 6.07) is 63.8. The van der Waals surface area contributed by atoms with Crippen LogP contribution in [0.15, 0.2) is 187 Å². The topological polar surface area (TPSA) is 0 Å². The summed E-state index contributed by atoms with van der Waals surface area (Å²) in [4.78, 5) is 0. The van der Waals surface area contributed by atoms with Crippen molar-refractivity contribution in [2.24, 2.45) is 0 Å². The van der Waals surface area contributed by atoms with Gasteiger partial charge in [0.1, 0.15) is 8.07 Å². The molecule has 260 valence electrons. The average molecular weight is 717 g/mol. The quantitative estimate of drug-likeness (QED) is 0.126. The van der Waals surface area contributed by atoms with Crippen molar-refractivity contribution in [2.75, 3.05) is 0 Å². The Balaban J connectivity index is 1.22. The zero-order valence-electron chi connectivity index (χ0n) is 31.2. The Morgan fingerprint density at radius 3 is 1.87 bits per heavy atom. The van der Waals surface area contributed by atoms with Crippen LogP contribution >= 0.6 is 0 Å². The molecule has 0 saturated heterocycles. The van der Waals surface area contributed by atoms with E-state index in [2.05, 4.69) is 195 Å². The van der Waals surface area contributed by atoms with E-state index >= 15 is 0 Å². The van der Waals surface area contributed by atoms with Crippen molar-refractivity contribution < 1.29 is 0 Å². The summed E-state index contributed by atoms with van der Waals surface area (Å²) in [7, 11) is -1.86. The van der Waals surface area contributed by atoms with E-state index in [-0.39, 0.29) is 0 Å². The maximum Gasteiger partial charge on any atom is 0.109 e. The Bertz CT molecular complexity index is 3080. The number of benzene rings is 9. The summed E-state index contributed by atoms with van der Waals surface area (Å²) in [5, 5.41) is 13.7. The molecule has 9 aromatic rings. The van der Waals surface area contributed by atoms with Crippen LogP contribution in [0.2, 0.25) is 13.1 Å². The van der Waals surface area contributed by atoms with E-state index in [1.54, 1.807) is 10.4 Å². The molecule has 0 saturated carbocycles. The second kappa shape index (κ2) is 12.4. The lowest BCUT2D eigenvalue weighted by atomic mass is 9.83. The van der Waals surface area contributed by atoms with Gasteiger partial charge in [-0.15, -0.1) is 0 Å². The molecule has 1 aliphatic heterocycles. The smallest absolute Gasteiger partial charge is 0.0836 e. The summed E-state index contributed by atoms with van der Waals surface area (Å²) in [6.07, 6.45) is 7.15. The van der Waals surface area contributed by atoms with Gasteiger partial charge in [-0.3, -0.25) is 0 Å². The standard InChI is InChI=1S/C54H40Si/c1-55(2)51-22-11-10-20-45(51)47-33-49-50(34-52(47)55)54(38-15-4-3-5-16-38)48-32-42(41-28-23-35-13-6-7-17-40(35)31-41)29-30-46(48)53(49)39-26-24-37(25-27-39)44-21-12-18-36-14-8-9-19-43(36)44/h3-10,12-21,23-34H,11,22H2,1-2H3. The third-order valence-corrected chi connectivity index (χ3v) is 16.4. The van der Waals surface area contributed by atoms with Gasteiger partial charge in [0.2, 0.25) is 0 Å². The van der Waals surface area contributed by atoms with Gasteiger partial charge < -0.3 is 0 Å². The van der Waals surface area contributed by atoms with Gasteiger partial charge in [0, 0.05) is 0 Å². The molecule has 0 radical (unpaired) electrons. The molecule has 0 amide bonds. The largest absolute Gasteiger partial charge is 0.109 e. The lowest BCUT2D eigenvalue weighted by molar-refractivity contribution is 1.01. The highest BCUT2D eigenvalue weighted by Crippen LogP contribution is 2.48. The van der Waals surface area contributed by atoms with Gasteiger partial charge in [-0.25, -0.2) is 0 Å². The minimum Gasteiger partial charge on any atom is -0.0836 e. The molecule has 0 nitrogen and oxygen atoms in total. The maximum absolute atomic E-state index is 2.63. The minimum absolute atomic E-state index is 1.15. The first kappa shape index (κ1) is 32.2. The molecule has 0 bridgehead atoms. The van der Waals surface area contributed by atoms with Crippen LogP contribution in [-0.4, -0.2) is 8.07 Å². The maximum atomic E-state index is 2.63. The van der Waals surface area contributed by atoms with Crippen LogP contribution in [-0.2, 0) is 0 Å². The van der Waals surface area contributed by atoms with E-state index in [4.69, 9.17) is 0 Å². The summed E-state index contributed by atoms with van der Waals surface area (Å²) < 4.78 is 0. The number of rotatable bonds is 4. The first-order chi connectivity index (χ1) is 27.0. The van der Waals surface area contributed by atoms with E-state index in [0.29, 0.717) is 0 Å². The fourth-order valence-corrected chi connectivity index (χ4v) is 13.2. The second-order valence-electron chi connectivity index (χ2n) is 15.9. The molecular weight excluding hydrogens is 677 g/mol. The summed E-state index contributed by atoms with van der Waals surface area (Å²) in [5.41, 5.74) is 13.1. The Kier molecular flexibility index (Phi) is 7.24. The molecule has 0 aromatic heterocycles. The number of allylic oxidation sites excluding steroid dienone is 4. The summed E-state index contributed by atoms with van der Waals surface area (Å²) in [6.45, 7) is 5.15. The van der Waals surface area contributed by atoms with Crippen LogP contribution in [0.3, 0.4) is 0 Å². The zero-order chi connectivity index (χ0) is 36.7. The lowest BCUT2D eigenvalue weighted by Gasteiger charge is -2.25. The molecule has 1 aliphatic carbocycles. The molecule has 0 spiro atoms. The van der Waals surface area contributed by atoms with E-state index in [1.807, 2.05) is 0 Å². The van der Waals surface area contributed by atoms with Gasteiger partial charge in [-0.05, 0) is 135 Å². The highest BCUT2D eigenvalue weighted by molar-refractivity contribution is 6.98. The third kappa shape index (κ3) is 5.04. The molecular formula is C54H40Si. The van der Waals surface area contributed by atoms with Crippen LogP contribution < -0.4 is 5.19 Å². The molecule has 1 heterocycles. The van der Waals surface area contributed by atoms with Crippen LogP contribution in [0.1, 0.15) is 18.4 Å². The number of hydrogen-bond donors (Lipinski definition) is 0. The van der Waals surface area contributed by atoms with Gasteiger partial charge >= 0.3 is 0 Å². The first-order valence-electron chi connectivity index (χ1n) is 19.6. The highest BCUT2D eigenvalue weighted by atomic mass is 28.3. The lowest BCUT2D eigenvalue weighted by Crippen LogP contribution is -2.41. The fraction of sp³-hybridized carbons (Fsp3) is 0.0741. The van der Waals surface area contributed by atoms with Crippen molar-refractivity contribution in [1.82, 2.24) is 0 Å². The van der Waals surface area contributed by atoms with Gasteiger partial charge in [-0.2, -0.15) is 0 Å². The van der Waals surface area contributed by atoms with E-state index < -0.39 is 8.07 Å². The Hall–Kier alpha value is -6.28. The molecule has 9 aromatic carbocycles. The van der Waals surface area contributed by atoms with Crippen LogP contribution in [0.25, 0.3) is 93.2 Å². The Morgan fingerprint density at radius 1 is 0.400 bits per heavy atom. The number of fused-ring (bicyclic) bond motifs is 6. The predicted molar refractivity (Wildman–Crippen MR) is 241 cm³/mol. The van der Waals surface area contributed by atoms with Gasteiger partial charge in [0.15, 0.2) is 0 Å². The van der Waals surface area contributed by atoms with E-state index in [1.165, 1.54) is 105 Å². The van der Waals surface area contributed by atoms with Gasteiger partial charge in [0.25, 0.3) is 0 Å². The summed E-state index contributed by atoms with van der Waals surface area (Å²) >= 11 is 0. The summed E-state index contributed by atoms with van der Waals surface area (Å²) in [5.74, 6) is 0. The molecule has 0 atom stereocenters. The van der Waals surface area contributed by atoms with Gasteiger partial charge in [-0.1, -0.05) is 182 Å². The fourth-order valence-electron chi connectivity index (χ4n) is 9.81. The number of hydrogen-bond acceptors (Lipinski definition) is 0. The van der Waals surface area contributed by atoms with Crippen molar-refractivity contribution in [3.8, 4) is 44.5 Å². The van der Waals surface area contributed by atoms with E-state index in [0.717, 1.165) is 6.42 Å². The molecule has 1 heteroatoms. The monoisotopic (exact) mass is 716 g/mol. The molecule has 0 unspecified atom stereocenters. The van der Waals surface area contributed by atoms with Crippen molar-refractivity contribution in [1.29, 1.82) is 0 Å². The molecule has 2 aliphatic rings. The van der Waals surface area contributed by atoms with E-state index in [9.17, 15) is 0 Å². The van der Waals surface area contributed by atoms with Gasteiger partial charge in [0.05, 0.1) is 0 Å². The van der Waals surface area contributed by atoms with Crippen molar-refractivity contribution in [3.05, 3.63) is 193 Å². The third-order valence-electron chi connectivity index (χ3n) is 12.6.